The summed E-state index contributed by atoms with van der Waals surface area (Å²) in [4.78, 5) is 14.5. The number of terminal acetylenes is 1. The number of aryl methyl sites for hydroxylation is 1. The summed E-state index contributed by atoms with van der Waals surface area (Å²) in [6, 6.07) is 8.31. The molecule has 1 aliphatic rings. The lowest BCUT2D eigenvalue weighted by molar-refractivity contribution is -0.132. The molecule has 1 aromatic rings. The number of amides is 1. The summed E-state index contributed by atoms with van der Waals surface area (Å²) in [5.74, 6) is 2.81. The summed E-state index contributed by atoms with van der Waals surface area (Å²) in [5, 5.41) is 0. The first-order valence-electron chi connectivity index (χ1n) is 7.08. The Hall–Kier alpha value is -1.75. The molecule has 0 radical (unpaired) electrons. The van der Waals surface area contributed by atoms with Crippen molar-refractivity contribution < 1.29 is 4.79 Å². The van der Waals surface area contributed by atoms with Gasteiger partial charge in [0.05, 0.1) is 12.5 Å². The van der Waals surface area contributed by atoms with E-state index in [1.165, 1.54) is 11.1 Å². The molecule has 19 heavy (non-hydrogen) atoms. The summed E-state index contributed by atoms with van der Waals surface area (Å²) >= 11 is 0. The van der Waals surface area contributed by atoms with Crippen LogP contribution in [0.2, 0.25) is 0 Å². The highest BCUT2D eigenvalue weighted by Gasteiger charge is 2.29. The average Bonchev–Trinajstić information content (AvgIpc) is 2.46. The summed E-state index contributed by atoms with van der Waals surface area (Å²) in [7, 11) is 0. The zero-order valence-corrected chi connectivity index (χ0v) is 11.6. The fourth-order valence-electron chi connectivity index (χ4n) is 2.88. The molecular weight excluding hydrogens is 234 g/mol. The predicted molar refractivity (Wildman–Crippen MR) is 77.8 cm³/mol. The predicted octanol–water partition coefficient (Wildman–Crippen LogP) is 2.98. The van der Waals surface area contributed by atoms with E-state index in [9.17, 15) is 4.79 Å². The Bertz CT molecular complexity index is 486. The first-order valence-corrected chi connectivity index (χ1v) is 7.08. The Kier molecular flexibility index (Phi) is 4.63. The molecule has 0 saturated carbocycles. The molecule has 0 spiro atoms. The Morgan fingerprint density at radius 2 is 2.26 bits per heavy atom. The number of carbonyl (C=O) groups is 1. The normalized spacial score (nSPS) is 17.4. The van der Waals surface area contributed by atoms with Gasteiger partial charge in [0.2, 0.25) is 5.91 Å². The Labute approximate surface area is 115 Å². The van der Waals surface area contributed by atoms with Crippen molar-refractivity contribution in [2.75, 3.05) is 13.1 Å². The van der Waals surface area contributed by atoms with Gasteiger partial charge in [-0.05, 0) is 36.8 Å². The van der Waals surface area contributed by atoms with Crippen molar-refractivity contribution in [1.82, 2.24) is 4.90 Å². The number of fused-ring (bicyclic) bond motifs is 1. The molecule has 0 saturated heterocycles. The molecule has 2 nitrogen and oxygen atoms in total. The first-order chi connectivity index (χ1) is 9.27. The standard InChI is InChI=1S/C17H21NO/c1-3-12-18(13-4-2)17(19)16-11-7-9-14-8-5-6-10-15(14)16/h1,5-6,8,10,16H,4,7,9,11-13H2,2H3. The van der Waals surface area contributed by atoms with Crippen LogP contribution in [-0.4, -0.2) is 23.9 Å². The van der Waals surface area contributed by atoms with Crippen LogP contribution in [0.3, 0.4) is 0 Å². The second-order valence-electron chi connectivity index (χ2n) is 5.11. The van der Waals surface area contributed by atoms with Crippen LogP contribution in [0.4, 0.5) is 0 Å². The van der Waals surface area contributed by atoms with Gasteiger partial charge in [0, 0.05) is 6.54 Å². The molecule has 1 unspecified atom stereocenters. The molecule has 0 bridgehead atoms. The van der Waals surface area contributed by atoms with Gasteiger partial charge in [-0.1, -0.05) is 37.1 Å². The molecule has 100 valence electrons. The third kappa shape index (κ3) is 2.98. The number of carbonyl (C=O) groups excluding carboxylic acids is 1. The summed E-state index contributed by atoms with van der Waals surface area (Å²) in [6.45, 7) is 3.25. The van der Waals surface area contributed by atoms with E-state index in [0.29, 0.717) is 6.54 Å². The van der Waals surface area contributed by atoms with Crippen LogP contribution >= 0.6 is 0 Å². The lowest BCUT2D eigenvalue weighted by Crippen LogP contribution is -2.37. The van der Waals surface area contributed by atoms with E-state index < -0.39 is 0 Å². The molecule has 1 aliphatic carbocycles. The van der Waals surface area contributed by atoms with Gasteiger partial charge in [0.25, 0.3) is 0 Å². The Morgan fingerprint density at radius 1 is 1.47 bits per heavy atom. The third-order valence-corrected chi connectivity index (χ3v) is 3.75. The van der Waals surface area contributed by atoms with E-state index in [2.05, 4.69) is 31.0 Å². The zero-order valence-electron chi connectivity index (χ0n) is 11.6. The van der Waals surface area contributed by atoms with Gasteiger partial charge >= 0.3 is 0 Å². The largest absolute Gasteiger partial charge is 0.331 e. The van der Waals surface area contributed by atoms with Crippen LogP contribution < -0.4 is 0 Å². The van der Waals surface area contributed by atoms with Crippen LogP contribution in [0.1, 0.15) is 43.2 Å². The van der Waals surface area contributed by atoms with E-state index in [1.807, 2.05) is 11.0 Å². The molecule has 0 N–H and O–H groups in total. The zero-order chi connectivity index (χ0) is 13.7. The molecular formula is C17H21NO. The molecule has 0 heterocycles. The molecule has 0 aliphatic heterocycles. The maximum absolute atomic E-state index is 12.7. The molecule has 2 rings (SSSR count). The molecule has 0 aromatic heterocycles. The molecule has 1 aromatic carbocycles. The van der Waals surface area contributed by atoms with Gasteiger partial charge in [-0.25, -0.2) is 0 Å². The number of benzene rings is 1. The van der Waals surface area contributed by atoms with Crippen LogP contribution in [0, 0.1) is 12.3 Å². The van der Waals surface area contributed by atoms with Crippen molar-refractivity contribution in [2.45, 2.75) is 38.5 Å². The highest BCUT2D eigenvalue weighted by atomic mass is 16.2. The summed E-state index contributed by atoms with van der Waals surface area (Å²) in [6.07, 6.45) is 9.44. The van der Waals surface area contributed by atoms with Crippen molar-refractivity contribution in [1.29, 1.82) is 0 Å². The Morgan fingerprint density at radius 3 is 3.00 bits per heavy atom. The van der Waals surface area contributed by atoms with Crippen LogP contribution in [-0.2, 0) is 11.2 Å². The number of hydrogen-bond acceptors (Lipinski definition) is 1. The molecule has 1 amide bonds. The van der Waals surface area contributed by atoms with E-state index >= 15 is 0 Å². The third-order valence-electron chi connectivity index (χ3n) is 3.75. The second kappa shape index (κ2) is 6.43. The minimum atomic E-state index is 0.00449. The molecule has 1 atom stereocenters. The van der Waals surface area contributed by atoms with Crippen molar-refractivity contribution in [3.63, 3.8) is 0 Å². The van der Waals surface area contributed by atoms with Gasteiger partial charge in [-0.2, -0.15) is 0 Å². The maximum atomic E-state index is 12.7. The summed E-state index contributed by atoms with van der Waals surface area (Å²) < 4.78 is 0. The van der Waals surface area contributed by atoms with Crippen LogP contribution in [0.15, 0.2) is 24.3 Å². The van der Waals surface area contributed by atoms with Crippen molar-refractivity contribution >= 4 is 5.91 Å². The van der Waals surface area contributed by atoms with Crippen molar-refractivity contribution in [3.05, 3.63) is 35.4 Å². The van der Waals surface area contributed by atoms with Crippen LogP contribution in [0.25, 0.3) is 0 Å². The average molecular weight is 255 g/mol. The number of rotatable bonds is 4. The molecule has 2 heteroatoms. The SMILES string of the molecule is C#CCN(CCC)C(=O)C1CCCc2ccccc21. The first kappa shape index (κ1) is 13.7. The Balaban J connectivity index is 2.22. The lowest BCUT2D eigenvalue weighted by Gasteiger charge is -2.29. The van der Waals surface area contributed by atoms with E-state index in [1.54, 1.807) is 0 Å². The minimum absolute atomic E-state index is 0.00449. The fourth-order valence-corrected chi connectivity index (χ4v) is 2.88. The van der Waals surface area contributed by atoms with Crippen molar-refractivity contribution in [3.8, 4) is 12.3 Å². The van der Waals surface area contributed by atoms with E-state index in [-0.39, 0.29) is 11.8 Å². The lowest BCUT2D eigenvalue weighted by atomic mass is 9.82. The van der Waals surface area contributed by atoms with Crippen LogP contribution in [0.5, 0.6) is 0 Å². The second-order valence-corrected chi connectivity index (χ2v) is 5.11. The van der Waals surface area contributed by atoms with Gasteiger partial charge in [-0.15, -0.1) is 6.42 Å². The number of nitrogens with zero attached hydrogens (tertiary/aromatic N) is 1. The summed E-state index contributed by atoms with van der Waals surface area (Å²) in [5.41, 5.74) is 2.53. The van der Waals surface area contributed by atoms with Crippen molar-refractivity contribution in [2.24, 2.45) is 0 Å². The number of hydrogen-bond donors (Lipinski definition) is 0. The fraction of sp³-hybridized carbons (Fsp3) is 0.471. The maximum Gasteiger partial charge on any atom is 0.230 e. The topological polar surface area (TPSA) is 20.3 Å². The van der Waals surface area contributed by atoms with Gasteiger partial charge < -0.3 is 4.90 Å². The van der Waals surface area contributed by atoms with Gasteiger partial charge in [0.1, 0.15) is 0 Å². The highest BCUT2D eigenvalue weighted by molar-refractivity contribution is 5.84. The smallest absolute Gasteiger partial charge is 0.230 e. The highest BCUT2D eigenvalue weighted by Crippen LogP contribution is 2.32. The van der Waals surface area contributed by atoms with Gasteiger partial charge in [-0.3, -0.25) is 4.79 Å². The van der Waals surface area contributed by atoms with E-state index in [4.69, 9.17) is 6.42 Å². The molecule has 0 fully saturated rings. The van der Waals surface area contributed by atoms with E-state index in [0.717, 1.165) is 32.2 Å². The quantitative estimate of drug-likeness (QED) is 0.757. The minimum Gasteiger partial charge on any atom is -0.331 e. The van der Waals surface area contributed by atoms with Gasteiger partial charge in [0.15, 0.2) is 0 Å². The monoisotopic (exact) mass is 255 g/mol.